The van der Waals surface area contributed by atoms with Crippen molar-refractivity contribution in [2.45, 2.75) is 0 Å². The molecule has 18 heavy (non-hydrogen) atoms. The van der Waals surface area contributed by atoms with Gasteiger partial charge in [-0.15, -0.1) is 11.6 Å². The monoisotopic (exact) mass is 263 g/mol. The molecule has 2 N–H and O–H groups in total. The summed E-state index contributed by atoms with van der Waals surface area (Å²) >= 11 is 5.39. The Kier molecular flexibility index (Phi) is 3.74. The van der Waals surface area contributed by atoms with E-state index in [1.807, 2.05) is 0 Å². The summed E-state index contributed by atoms with van der Waals surface area (Å²) in [5.74, 6) is -0.338. The first-order chi connectivity index (χ1) is 8.69. The third-order valence-corrected chi connectivity index (χ3v) is 2.51. The van der Waals surface area contributed by atoms with Crippen LogP contribution in [0.1, 0.15) is 0 Å². The fourth-order valence-corrected chi connectivity index (χ4v) is 1.49. The van der Waals surface area contributed by atoms with Gasteiger partial charge in [-0.3, -0.25) is 9.59 Å². The first-order valence-corrected chi connectivity index (χ1v) is 5.74. The summed E-state index contributed by atoms with van der Waals surface area (Å²) in [4.78, 5) is 22.0. The quantitative estimate of drug-likeness (QED) is 0.826. The molecule has 0 aliphatic carbocycles. The van der Waals surface area contributed by atoms with Gasteiger partial charge in [0, 0.05) is 17.3 Å². The number of carbonyl (C=O) groups excluding carboxylic acids is 1. The van der Waals surface area contributed by atoms with Crippen LogP contribution in [0.5, 0.6) is 0 Å². The number of nitrogens with one attached hydrogen (secondary N) is 2. The second kappa shape index (κ2) is 5.46. The molecule has 1 aromatic heterocycles. The van der Waals surface area contributed by atoms with Gasteiger partial charge >= 0.3 is 0 Å². The minimum Gasteiger partial charge on any atom is -0.325 e. The smallest absolute Gasteiger partial charge is 0.264 e. The third-order valence-electron chi connectivity index (χ3n) is 2.26. The van der Waals surface area contributed by atoms with Gasteiger partial charge in [0.05, 0.1) is 5.69 Å². The lowest BCUT2D eigenvalue weighted by Gasteiger charge is -2.04. The number of benzene rings is 1. The van der Waals surface area contributed by atoms with Gasteiger partial charge < -0.3 is 5.32 Å². The number of aromatic amines is 1. The molecular formula is C12H10ClN3O2. The van der Waals surface area contributed by atoms with Gasteiger partial charge in [-0.1, -0.05) is 12.1 Å². The van der Waals surface area contributed by atoms with Crippen molar-refractivity contribution in [3.8, 4) is 11.3 Å². The number of nitrogens with zero attached hydrogens (tertiary/aromatic N) is 1. The van der Waals surface area contributed by atoms with Gasteiger partial charge in [-0.05, 0) is 18.2 Å². The number of rotatable bonds is 3. The Balaban J connectivity index is 2.19. The maximum Gasteiger partial charge on any atom is 0.264 e. The Hall–Kier alpha value is -2.14. The number of anilines is 1. The largest absolute Gasteiger partial charge is 0.325 e. The SMILES string of the molecule is O=C(CCl)Nc1ccc(-c2ccc(=O)[nH]n2)cc1. The highest BCUT2D eigenvalue weighted by atomic mass is 35.5. The first-order valence-electron chi connectivity index (χ1n) is 5.21. The zero-order chi connectivity index (χ0) is 13.0. The molecule has 0 radical (unpaired) electrons. The van der Waals surface area contributed by atoms with Crippen LogP contribution in [0.2, 0.25) is 0 Å². The predicted octanol–water partition coefficient (Wildman–Crippen LogP) is 1.61. The van der Waals surface area contributed by atoms with E-state index in [-0.39, 0.29) is 17.3 Å². The fourth-order valence-electron chi connectivity index (χ4n) is 1.42. The zero-order valence-electron chi connectivity index (χ0n) is 9.31. The summed E-state index contributed by atoms with van der Waals surface area (Å²) in [7, 11) is 0. The lowest BCUT2D eigenvalue weighted by atomic mass is 10.1. The molecule has 0 unspecified atom stereocenters. The fraction of sp³-hybridized carbons (Fsp3) is 0.0833. The van der Waals surface area contributed by atoms with Crippen molar-refractivity contribution >= 4 is 23.2 Å². The van der Waals surface area contributed by atoms with E-state index in [4.69, 9.17) is 11.6 Å². The Labute approximate surface area is 108 Å². The van der Waals surface area contributed by atoms with Gasteiger partial charge in [0.2, 0.25) is 5.91 Å². The van der Waals surface area contributed by atoms with Crippen LogP contribution >= 0.6 is 11.6 Å². The maximum absolute atomic E-state index is 11.1. The molecule has 0 saturated carbocycles. The lowest BCUT2D eigenvalue weighted by Crippen LogP contribution is -2.12. The number of carbonyl (C=O) groups is 1. The average molecular weight is 264 g/mol. The molecule has 0 spiro atoms. The van der Waals surface area contributed by atoms with Gasteiger partial charge in [0.25, 0.3) is 5.56 Å². The van der Waals surface area contributed by atoms with E-state index in [1.165, 1.54) is 6.07 Å². The molecule has 2 rings (SSSR count). The van der Waals surface area contributed by atoms with E-state index in [1.54, 1.807) is 30.3 Å². The highest BCUT2D eigenvalue weighted by Gasteiger charge is 2.02. The van der Waals surface area contributed by atoms with Crippen molar-refractivity contribution in [2.75, 3.05) is 11.2 Å². The van der Waals surface area contributed by atoms with E-state index in [0.29, 0.717) is 11.4 Å². The van der Waals surface area contributed by atoms with E-state index in [2.05, 4.69) is 15.5 Å². The summed E-state index contributed by atoms with van der Waals surface area (Å²) in [5.41, 5.74) is 1.92. The summed E-state index contributed by atoms with van der Waals surface area (Å²) in [6.07, 6.45) is 0. The second-order valence-corrected chi connectivity index (χ2v) is 3.83. The van der Waals surface area contributed by atoms with Gasteiger partial charge in [0.1, 0.15) is 5.88 Å². The van der Waals surface area contributed by atoms with Crippen molar-refractivity contribution in [3.05, 3.63) is 46.8 Å². The number of H-pyrrole nitrogens is 1. The van der Waals surface area contributed by atoms with Crippen molar-refractivity contribution in [2.24, 2.45) is 0 Å². The Morgan fingerprint density at radius 1 is 1.22 bits per heavy atom. The van der Waals surface area contributed by atoms with Crippen LogP contribution in [0.25, 0.3) is 11.3 Å². The summed E-state index contributed by atoms with van der Waals surface area (Å²) in [6.45, 7) is 0. The summed E-state index contributed by atoms with van der Waals surface area (Å²) in [5, 5.41) is 8.90. The molecule has 1 heterocycles. The van der Waals surface area contributed by atoms with Crippen LogP contribution in [-0.4, -0.2) is 22.0 Å². The molecule has 0 fully saturated rings. The van der Waals surface area contributed by atoms with Crippen LogP contribution < -0.4 is 10.9 Å². The van der Waals surface area contributed by atoms with Crippen molar-refractivity contribution in [1.29, 1.82) is 0 Å². The molecule has 6 heteroatoms. The molecule has 0 aliphatic rings. The first kappa shape index (κ1) is 12.3. The molecule has 0 saturated heterocycles. The van der Waals surface area contributed by atoms with Crippen molar-refractivity contribution in [1.82, 2.24) is 10.2 Å². The van der Waals surface area contributed by atoms with Crippen molar-refractivity contribution < 1.29 is 4.79 Å². The second-order valence-electron chi connectivity index (χ2n) is 3.57. The number of aromatic nitrogens is 2. The molecule has 1 aromatic carbocycles. The van der Waals surface area contributed by atoms with E-state index < -0.39 is 0 Å². The molecule has 5 nitrogen and oxygen atoms in total. The van der Waals surface area contributed by atoms with Crippen molar-refractivity contribution in [3.63, 3.8) is 0 Å². The normalized spacial score (nSPS) is 10.1. The van der Waals surface area contributed by atoms with Crippen LogP contribution in [-0.2, 0) is 4.79 Å². The number of hydrogen-bond donors (Lipinski definition) is 2. The highest BCUT2D eigenvalue weighted by Crippen LogP contribution is 2.18. The zero-order valence-corrected chi connectivity index (χ0v) is 10.1. The van der Waals surface area contributed by atoms with E-state index in [0.717, 1.165) is 5.56 Å². The van der Waals surface area contributed by atoms with Gasteiger partial charge in [-0.25, -0.2) is 5.10 Å². The highest BCUT2D eigenvalue weighted by molar-refractivity contribution is 6.29. The predicted molar refractivity (Wildman–Crippen MR) is 69.6 cm³/mol. The molecule has 2 aromatic rings. The van der Waals surface area contributed by atoms with Crippen LogP contribution in [0.15, 0.2) is 41.2 Å². The average Bonchev–Trinajstić information content (AvgIpc) is 2.40. The minimum absolute atomic E-state index is 0.0801. The third kappa shape index (κ3) is 2.95. The molecular weight excluding hydrogens is 254 g/mol. The molecule has 0 bridgehead atoms. The number of hydrogen-bond acceptors (Lipinski definition) is 3. The number of halogens is 1. The number of amides is 1. The topological polar surface area (TPSA) is 74.8 Å². The summed E-state index contributed by atoms with van der Waals surface area (Å²) in [6, 6.07) is 10.1. The molecule has 0 aliphatic heterocycles. The summed E-state index contributed by atoms with van der Waals surface area (Å²) < 4.78 is 0. The Morgan fingerprint density at radius 2 is 1.94 bits per heavy atom. The van der Waals surface area contributed by atoms with Gasteiger partial charge in [0.15, 0.2) is 0 Å². The van der Waals surface area contributed by atoms with Crippen LogP contribution in [0, 0.1) is 0 Å². The minimum atomic E-state index is -0.258. The number of alkyl halides is 1. The van der Waals surface area contributed by atoms with E-state index in [9.17, 15) is 9.59 Å². The van der Waals surface area contributed by atoms with Crippen LogP contribution in [0.3, 0.4) is 0 Å². The molecule has 92 valence electrons. The standard InChI is InChI=1S/C12H10ClN3O2/c13-7-12(18)14-9-3-1-8(2-4-9)10-5-6-11(17)16-15-10/h1-6H,7H2,(H,14,18)(H,16,17). The van der Waals surface area contributed by atoms with Crippen LogP contribution in [0.4, 0.5) is 5.69 Å². The Bertz CT molecular complexity index is 587. The molecule has 0 atom stereocenters. The Morgan fingerprint density at radius 3 is 2.50 bits per heavy atom. The molecule has 1 amide bonds. The van der Waals surface area contributed by atoms with E-state index >= 15 is 0 Å². The lowest BCUT2D eigenvalue weighted by molar-refractivity contribution is -0.113. The van der Waals surface area contributed by atoms with Gasteiger partial charge in [-0.2, -0.15) is 5.10 Å². The maximum atomic E-state index is 11.1.